The highest BCUT2D eigenvalue weighted by molar-refractivity contribution is 6.30. The zero-order valence-corrected chi connectivity index (χ0v) is 15.7. The van der Waals surface area contributed by atoms with E-state index in [1.165, 1.54) is 19.3 Å². The minimum Gasteiger partial charge on any atom is -0.484 e. The van der Waals surface area contributed by atoms with Gasteiger partial charge in [-0.1, -0.05) is 18.5 Å². The summed E-state index contributed by atoms with van der Waals surface area (Å²) < 4.78 is 5.44. The third kappa shape index (κ3) is 4.88. The van der Waals surface area contributed by atoms with Gasteiger partial charge >= 0.3 is 0 Å². The van der Waals surface area contributed by atoms with Crippen molar-refractivity contribution in [2.45, 2.75) is 38.6 Å². The van der Waals surface area contributed by atoms with E-state index < -0.39 is 0 Å². The molecule has 2 aromatic rings. The van der Waals surface area contributed by atoms with Gasteiger partial charge in [0.05, 0.1) is 11.9 Å². The molecule has 1 aromatic carbocycles. The maximum Gasteiger partial charge on any atom is 0.262 e. The van der Waals surface area contributed by atoms with Crippen LogP contribution in [0.2, 0.25) is 5.02 Å². The number of anilines is 2. The molecule has 1 aliphatic heterocycles. The summed E-state index contributed by atoms with van der Waals surface area (Å²) >= 11 is 5.82. The van der Waals surface area contributed by atoms with Gasteiger partial charge in [-0.05, 0) is 62.1 Å². The molecule has 2 heterocycles. The summed E-state index contributed by atoms with van der Waals surface area (Å²) in [6.07, 6.45) is 6.55. The Labute approximate surface area is 159 Å². The number of amides is 1. The summed E-state index contributed by atoms with van der Waals surface area (Å²) in [7, 11) is 0. The SMILES string of the molecule is CCC1CCCCN1c1ccc(NC(=O)COc2ccc(Cl)cc2)cn1. The number of hydrogen-bond donors (Lipinski definition) is 1. The Kier molecular flexibility index (Phi) is 6.34. The van der Waals surface area contributed by atoms with Crippen molar-refractivity contribution in [1.29, 1.82) is 0 Å². The topological polar surface area (TPSA) is 54.5 Å². The van der Waals surface area contributed by atoms with Gasteiger partial charge < -0.3 is 15.0 Å². The molecule has 1 fully saturated rings. The third-order valence-electron chi connectivity index (χ3n) is 4.61. The van der Waals surface area contributed by atoms with Crippen molar-refractivity contribution in [3.8, 4) is 5.75 Å². The molecule has 0 radical (unpaired) electrons. The van der Waals surface area contributed by atoms with E-state index in [1.807, 2.05) is 12.1 Å². The molecule has 0 spiro atoms. The zero-order chi connectivity index (χ0) is 18.4. The molecule has 0 saturated carbocycles. The van der Waals surface area contributed by atoms with Gasteiger partial charge in [-0.25, -0.2) is 4.98 Å². The average Bonchev–Trinajstić information content (AvgIpc) is 2.68. The molecule has 1 saturated heterocycles. The van der Waals surface area contributed by atoms with E-state index in [2.05, 4.69) is 22.1 Å². The van der Waals surface area contributed by atoms with Crippen LogP contribution in [0.1, 0.15) is 32.6 Å². The summed E-state index contributed by atoms with van der Waals surface area (Å²) in [4.78, 5) is 18.9. The molecular weight excluding hydrogens is 350 g/mol. The number of carbonyl (C=O) groups is 1. The highest BCUT2D eigenvalue weighted by Gasteiger charge is 2.21. The summed E-state index contributed by atoms with van der Waals surface area (Å²) in [6, 6.07) is 11.3. The lowest BCUT2D eigenvalue weighted by molar-refractivity contribution is -0.118. The van der Waals surface area contributed by atoms with Gasteiger partial charge in [-0.15, -0.1) is 0 Å². The molecule has 0 aliphatic carbocycles. The molecular formula is C20H24ClN3O2. The second-order valence-electron chi connectivity index (χ2n) is 6.45. The van der Waals surface area contributed by atoms with Crippen LogP contribution in [0.25, 0.3) is 0 Å². The summed E-state index contributed by atoms with van der Waals surface area (Å²) in [5.41, 5.74) is 0.670. The molecule has 1 amide bonds. The Morgan fingerprint density at radius 1 is 1.27 bits per heavy atom. The van der Waals surface area contributed by atoms with Crippen LogP contribution >= 0.6 is 11.6 Å². The highest BCUT2D eigenvalue weighted by Crippen LogP contribution is 2.25. The lowest BCUT2D eigenvalue weighted by atomic mass is 10.00. The number of carbonyl (C=O) groups excluding carboxylic acids is 1. The molecule has 1 atom stereocenters. The van der Waals surface area contributed by atoms with E-state index >= 15 is 0 Å². The van der Waals surface area contributed by atoms with Gasteiger partial charge in [0.1, 0.15) is 11.6 Å². The summed E-state index contributed by atoms with van der Waals surface area (Å²) in [5.74, 6) is 1.36. The van der Waals surface area contributed by atoms with Crippen molar-refractivity contribution < 1.29 is 9.53 Å². The van der Waals surface area contributed by atoms with Gasteiger partial charge in [0.15, 0.2) is 6.61 Å². The van der Waals surface area contributed by atoms with Gasteiger partial charge in [0.2, 0.25) is 0 Å². The number of aromatic nitrogens is 1. The predicted octanol–water partition coefficient (Wildman–Crippen LogP) is 4.52. The first-order chi connectivity index (χ1) is 12.7. The van der Waals surface area contributed by atoms with Crippen LogP contribution in [0.5, 0.6) is 5.75 Å². The predicted molar refractivity (Wildman–Crippen MR) is 105 cm³/mol. The maximum absolute atomic E-state index is 12.0. The summed E-state index contributed by atoms with van der Waals surface area (Å²) in [5, 5.41) is 3.44. The zero-order valence-electron chi connectivity index (χ0n) is 15.0. The lowest BCUT2D eigenvalue weighted by Crippen LogP contribution is -2.39. The third-order valence-corrected chi connectivity index (χ3v) is 4.86. The molecule has 6 heteroatoms. The normalized spacial score (nSPS) is 17.0. The highest BCUT2D eigenvalue weighted by atomic mass is 35.5. The number of hydrogen-bond acceptors (Lipinski definition) is 4. The fourth-order valence-corrected chi connectivity index (χ4v) is 3.36. The Morgan fingerprint density at radius 3 is 2.77 bits per heavy atom. The van der Waals surface area contributed by atoms with Crippen LogP contribution in [0, 0.1) is 0 Å². The lowest BCUT2D eigenvalue weighted by Gasteiger charge is -2.36. The van der Waals surface area contributed by atoms with E-state index in [9.17, 15) is 4.79 Å². The van der Waals surface area contributed by atoms with Crippen LogP contribution < -0.4 is 15.0 Å². The Balaban J connectivity index is 1.53. The molecule has 5 nitrogen and oxygen atoms in total. The van der Waals surface area contributed by atoms with Crippen LogP contribution in [-0.4, -0.2) is 30.1 Å². The van der Waals surface area contributed by atoms with Gasteiger partial charge in [0.25, 0.3) is 5.91 Å². The van der Waals surface area contributed by atoms with Crippen molar-refractivity contribution in [2.24, 2.45) is 0 Å². The number of nitrogens with one attached hydrogen (secondary N) is 1. The molecule has 3 rings (SSSR count). The van der Waals surface area contributed by atoms with Gasteiger partial charge in [0, 0.05) is 17.6 Å². The number of nitrogens with zero attached hydrogens (tertiary/aromatic N) is 2. The minimum atomic E-state index is -0.223. The van der Waals surface area contributed by atoms with Gasteiger partial charge in [-0.3, -0.25) is 4.79 Å². The quantitative estimate of drug-likeness (QED) is 0.808. The number of benzene rings is 1. The molecule has 1 aromatic heterocycles. The molecule has 138 valence electrons. The minimum absolute atomic E-state index is 0.0621. The van der Waals surface area contributed by atoms with Crippen molar-refractivity contribution in [2.75, 3.05) is 23.4 Å². The van der Waals surface area contributed by atoms with Crippen LogP contribution in [0.15, 0.2) is 42.6 Å². The van der Waals surface area contributed by atoms with Crippen LogP contribution in [0.3, 0.4) is 0 Å². The Bertz CT molecular complexity index is 719. The van der Waals surface area contributed by atoms with Crippen molar-refractivity contribution in [3.05, 3.63) is 47.6 Å². The smallest absolute Gasteiger partial charge is 0.262 e. The monoisotopic (exact) mass is 373 g/mol. The van der Waals surface area contributed by atoms with Gasteiger partial charge in [-0.2, -0.15) is 0 Å². The van der Waals surface area contributed by atoms with Crippen molar-refractivity contribution >= 4 is 29.0 Å². The fourth-order valence-electron chi connectivity index (χ4n) is 3.23. The number of halogens is 1. The first-order valence-corrected chi connectivity index (χ1v) is 9.44. The Hall–Kier alpha value is -2.27. The van der Waals surface area contributed by atoms with E-state index in [-0.39, 0.29) is 12.5 Å². The summed E-state index contributed by atoms with van der Waals surface area (Å²) in [6.45, 7) is 3.21. The Morgan fingerprint density at radius 2 is 2.08 bits per heavy atom. The number of rotatable bonds is 6. The number of pyridine rings is 1. The van der Waals surface area contributed by atoms with Crippen molar-refractivity contribution in [1.82, 2.24) is 4.98 Å². The molecule has 1 aliphatic rings. The van der Waals surface area contributed by atoms with E-state index in [0.29, 0.717) is 22.5 Å². The number of ether oxygens (including phenoxy) is 1. The maximum atomic E-state index is 12.0. The standard InChI is InChI=1S/C20H24ClN3O2/c1-2-17-5-3-4-12-24(17)19-11-8-16(13-22-19)23-20(25)14-26-18-9-6-15(21)7-10-18/h6-11,13,17H,2-5,12,14H2,1H3,(H,23,25). The fraction of sp³-hybridized carbons (Fsp3) is 0.400. The van der Waals surface area contributed by atoms with E-state index in [1.54, 1.807) is 30.5 Å². The first-order valence-electron chi connectivity index (χ1n) is 9.06. The van der Waals surface area contributed by atoms with E-state index in [0.717, 1.165) is 18.8 Å². The average molecular weight is 374 g/mol. The second kappa shape index (κ2) is 8.90. The number of piperidine rings is 1. The molecule has 1 unspecified atom stereocenters. The van der Waals surface area contributed by atoms with E-state index in [4.69, 9.17) is 16.3 Å². The molecule has 0 bridgehead atoms. The van der Waals surface area contributed by atoms with Crippen LogP contribution in [0.4, 0.5) is 11.5 Å². The largest absolute Gasteiger partial charge is 0.484 e. The molecule has 1 N–H and O–H groups in total. The van der Waals surface area contributed by atoms with Crippen molar-refractivity contribution in [3.63, 3.8) is 0 Å². The molecule has 26 heavy (non-hydrogen) atoms. The van der Waals surface area contributed by atoms with Crippen LogP contribution in [-0.2, 0) is 4.79 Å². The first kappa shape index (κ1) is 18.5. The second-order valence-corrected chi connectivity index (χ2v) is 6.88.